The van der Waals surface area contributed by atoms with Crippen LogP contribution in [0.4, 0.5) is 5.69 Å². The second-order valence-electron chi connectivity index (χ2n) is 7.08. The second kappa shape index (κ2) is 11.2. The lowest BCUT2D eigenvalue weighted by Gasteiger charge is -2.31. The number of benzene rings is 2. The van der Waals surface area contributed by atoms with Crippen molar-refractivity contribution in [2.24, 2.45) is 0 Å². The number of carbonyl (C=O) groups is 2. The van der Waals surface area contributed by atoms with Gasteiger partial charge in [0.05, 0.1) is 17.0 Å². The molecule has 0 aliphatic heterocycles. The van der Waals surface area contributed by atoms with Crippen LogP contribution in [-0.2, 0) is 26.2 Å². The molecule has 0 radical (unpaired) electrons. The van der Waals surface area contributed by atoms with Crippen molar-refractivity contribution in [3.63, 3.8) is 0 Å². The van der Waals surface area contributed by atoms with Crippen LogP contribution in [0.1, 0.15) is 19.4 Å². The Labute approximate surface area is 203 Å². The zero-order chi connectivity index (χ0) is 24.1. The summed E-state index contributed by atoms with van der Waals surface area (Å²) in [6.07, 6.45) is 0.974. The van der Waals surface area contributed by atoms with Crippen molar-refractivity contribution in [1.82, 2.24) is 10.2 Å². The Morgan fingerprint density at radius 1 is 1.03 bits per heavy atom. The zero-order valence-corrected chi connectivity index (χ0v) is 20.9. The van der Waals surface area contributed by atoms with E-state index >= 15 is 0 Å². The van der Waals surface area contributed by atoms with Crippen molar-refractivity contribution in [2.45, 2.75) is 26.4 Å². The fraction of sp³-hybridized carbons (Fsp3) is 0.333. The number of anilines is 1. The summed E-state index contributed by atoms with van der Waals surface area (Å²) in [5.74, 6) is -0.930. The van der Waals surface area contributed by atoms with E-state index in [1.165, 1.54) is 23.1 Å². The molecule has 174 valence electrons. The van der Waals surface area contributed by atoms with Crippen LogP contribution in [0.25, 0.3) is 0 Å². The van der Waals surface area contributed by atoms with Gasteiger partial charge in [-0.2, -0.15) is 0 Å². The van der Waals surface area contributed by atoms with Crippen molar-refractivity contribution in [1.29, 1.82) is 0 Å². The smallest absolute Gasteiger partial charge is 0.244 e. The van der Waals surface area contributed by atoms with Gasteiger partial charge in [-0.3, -0.25) is 13.9 Å². The fourth-order valence-electron chi connectivity index (χ4n) is 2.97. The highest BCUT2D eigenvalue weighted by Crippen LogP contribution is 2.30. The molecule has 2 rings (SSSR count). The van der Waals surface area contributed by atoms with Crippen molar-refractivity contribution < 1.29 is 18.0 Å². The van der Waals surface area contributed by atoms with Crippen LogP contribution in [-0.4, -0.2) is 50.5 Å². The molecule has 0 bridgehead atoms. The van der Waals surface area contributed by atoms with Gasteiger partial charge >= 0.3 is 0 Å². The van der Waals surface area contributed by atoms with E-state index in [1.54, 1.807) is 38.1 Å². The van der Waals surface area contributed by atoms with Gasteiger partial charge < -0.3 is 10.2 Å². The molecule has 2 aromatic rings. The summed E-state index contributed by atoms with van der Waals surface area (Å²) in [5, 5.41) is 3.62. The Balaban J connectivity index is 2.40. The second-order valence-corrected chi connectivity index (χ2v) is 10.3. The Kier molecular flexibility index (Phi) is 9.21. The molecule has 32 heavy (non-hydrogen) atoms. The maximum absolute atomic E-state index is 13.3. The molecule has 0 heterocycles. The predicted molar refractivity (Wildman–Crippen MR) is 129 cm³/mol. The van der Waals surface area contributed by atoms with E-state index in [-0.39, 0.29) is 23.2 Å². The summed E-state index contributed by atoms with van der Waals surface area (Å²) in [4.78, 5) is 27.1. The maximum Gasteiger partial charge on any atom is 0.244 e. The number of amides is 2. The minimum atomic E-state index is -3.88. The number of nitrogens with one attached hydrogen (secondary N) is 1. The van der Waals surface area contributed by atoms with Gasteiger partial charge in [-0.1, -0.05) is 46.9 Å². The Bertz CT molecular complexity index is 1080. The summed E-state index contributed by atoms with van der Waals surface area (Å²) in [6, 6.07) is 10.3. The SMILES string of the molecule is CCNC(=O)[C@@H](C)N(Cc1ccc(Cl)cc1)C(=O)CN(c1ccc(Cl)cc1Cl)S(C)(=O)=O. The van der Waals surface area contributed by atoms with Gasteiger partial charge in [0.1, 0.15) is 12.6 Å². The molecule has 7 nitrogen and oxygen atoms in total. The molecule has 2 amide bonds. The molecule has 0 aliphatic carbocycles. The van der Waals surface area contributed by atoms with E-state index in [2.05, 4.69) is 5.32 Å². The average Bonchev–Trinajstić information content (AvgIpc) is 2.71. The summed E-state index contributed by atoms with van der Waals surface area (Å²) in [5.41, 5.74) is 0.846. The number of carbonyl (C=O) groups excluding carboxylic acids is 2. The number of rotatable bonds is 9. The Hall–Kier alpha value is -2.00. The van der Waals surface area contributed by atoms with Crippen LogP contribution in [0.3, 0.4) is 0 Å². The zero-order valence-electron chi connectivity index (χ0n) is 17.8. The van der Waals surface area contributed by atoms with Crippen molar-refractivity contribution in [2.75, 3.05) is 23.7 Å². The largest absolute Gasteiger partial charge is 0.355 e. The normalized spacial score (nSPS) is 12.2. The minimum Gasteiger partial charge on any atom is -0.355 e. The first-order valence-corrected chi connectivity index (χ1v) is 12.7. The van der Waals surface area contributed by atoms with Crippen molar-refractivity contribution in [3.8, 4) is 0 Å². The topological polar surface area (TPSA) is 86.8 Å². The first-order chi connectivity index (χ1) is 14.9. The molecular weight excluding hydrogens is 497 g/mol. The summed E-state index contributed by atoms with van der Waals surface area (Å²) < 4.78 is 25.9. The predicted octanol–water partition coefficient (Wildman–Crippen LogP) is 3.97. The summed E-state index contributed by atoms with van der Waals surface area (Å²) in [7, 11) is -3.88. The Morgan fingerprint density at radius 2 is 1.62 bits per heavy atom. The highest BCUT2D eigenvalue weighted by Gasteiger charge is 2.30. The third-order valence-electron chi connectivity index (χ3n) is 4.64. The van der Waals surface area contributed by atoms with Crippen LogP contribution < -0.4 is 9.62 Å². The van der Waals surface area contributed by atoms with Gasteiger partial charge in [-0.15, -0.1) is 0 Å². The van der Waals surface area contributed by atoms with E-state index in [4.69, 9.17) is 34.8 Å². The molecule has 0 unspecified atom stereocenters. The molecule has 0 fully saturated rings. The van der Waals surface area contributed by atoms with Crippen LogP contribution >= 0.6 is 34.8 Å². The van der Waals surface area contributed by atoms with Gasteiger partial charge in [0.15, 0.2) is 0 Å². The molecule has 0 spiro atoms. The standard InChI is InChI=1S/C21H24Cl3N3O4S/c1-4-25-21(29)14(2)26(12-15-5-7-16(22)8-6-15)20(28)13-27(32(3,30)31)19-10-9-17(23)11-18(19)24/h5-11,14H,4,12-13H2,1-3H3,(H,25,29)/t14-/m1/s1. The number of hydrogen-bond donors (Lipinski definition) is 1. The van der Waals surface area contributed by atoms with Gasteiger partial charge in [0, 0.05) is 23.1 Å². The number of nitrogens with zero attached hydrogens (tertiary/aromatic N) is 2. The van der Waals surface area contributed by atoms with Crippen molar-refractivity contribution >= 4 is 62.3 Å². The number of sulfonamides is 1. The lowest BCUT2D eigenvalue weighted by Crippen LogP contribution is -2.51. The number of likely N-dealkylation sites (N-methyl/N-ethyl adjacent to an activating group) is 1. The third kappa shape index (κ3) is 7.00. The lowest BCUT2D eigenvalue weighted by atomic mass is 10.1. The first kappa shape index (κ1) is 26.3. The molecule has 0 saturated carbocycles. The van der Waals surface area contributed by atoms with Crippen LogP contribution in [0, 0.1) is 0 Å². The van der Waals surface area contributed by atoms with Crippen LogP contribution in [0.15, 0.2) is 42.5 Å². The minimum absolute atomic E-state index is 0.0803. The molecule has 1 N–H and O–H groups in total. The molecule has 0 aliphatic rings. The highest BCUT2D eigenvalue weighted by atomic mass is 35.5. The van der Waals surface area contributed by atoms with Gasteiger partial charge in [-0.05, 0) is 49.7 Å². The number of halogens is 3. The molecule has 2 aromatic carbocycles. The van der Waals surface area contributed by atoms with E-state index in [0.717, 1.165) is 16.1 Å². The summed E-state index contributed by atoms with van der Waals surface area (Å²) >= 11 is 18.1. The van der Waals surface area contributed by atoms with Gasteiger partial charge in [-0.25, -0.2) is 8.42 Å². The van der Waals surface area contributed by atoms with E-state index in [9.17, 15) is 18.0 Å². The third-order valence-corrected chi connectivity index (χ3v) is 6.56. The molecule has 0 aromatic heterocycles. The van der Waals surface area contributed by atoms with E-state index in [0.29, 0.717) is 16.6 Å². The molecule has 0 saturated heterocycles. The first-order valence-electron chi connectivity index (χ1n) is 9.68. The molecular formula is C21H24Cl3N3O4S. The number of hydrogen-bond acceptors (Lipinski definition) is 4. The maximum atomic E-state index is 13.3. The lowest BCUT2D eigenvalue weighted by molar-refractivity contribution is -0.139. The monoisotopic (exact) mass is 519 g/mol. The summed E-state index contributed by atoms with van der Waals surface area (Å²) in [6.45, 7) is 3.28. The molecule has 1 atom stereocenters. The Morgan fingerprint density at radius 3 is 2.16 bits per heavy atom. The van der Waals surface area contributed by atoms with Crippen LogP contribution in [0.2, 0.25) is 15.1 Å². The van der Waals surface area contributed by atoms with Crippen LogP contribution in [0.5, 0.6) is 0 Å². The van der Waals surface area contributed by atoms with Gasteiger partial charge in [0.25, 0.3) is 0 Å². The van der Waals surface area contributed by atoms with E-state index in [1.807, 2.05) is 0 Å². The van der Waals surface area contributed by atoms with Gasteiger partial charge in [0.2, 0.25) is 21.8 Å². The quantitative estimate of drug-likeness (QED) is 0.542. The molecule has 11 heteroatoms. The average molecular weight is 521 g/mol. The fourth-order valence-corrected chi connectivity index (χ4v) is 4.52. The van der Waals surface area contributed by atoms with Crippen molar-refractivity contribution in [3.05, 3.63) is 63.1 Å². The van der Waals surface area contributed by atoms with E-state index < -0.39 is 28.5 Å². The highest BCUT2D eigenvalue weighted by molar-refractivity contribution is 7.92.